The van der Waals surface area contributed by atoms with Gasteiger partial charge in [-0.05, 0) is 42.5 Å². The summed E-state index contributed by atoms with van der Waals surface area (Å²) < 4.78 is 0. The van der Waals surface area contributed by atoms with E-state index in [-0.39, 0.29) is 22.8 Å². The predicted octanol–water partition coefficient (Wildman–Crippen LogP) is 3.41. The third kappa shape index (κ3) is 5.17. The molecule has 0 bridgehead atoms. The lowest BCUT2D eigenvalue weighted by Crippen LogP contribution is -2.36. The minimum Gasteiger partial charge on any atom is -0.332 e. The molecule has 6 heteroatoms. The minimum absolute atomic E-state index is 0.152. The summed E-state index contributed by atoms with van der Waals surface area (Å²) in [4.78, 5) is 23.8. The van der Waals surface area contributed by atoms with Crippen molar-refractivity contribution in [2.24, 2.45) is 5.92 Å². The van der Waals surface area contributed by atoms with Crippen molar-refractivity contribution in [1.29, 1.82) is 0 Å². The van der Waals surface area contributed by atoms with Crippen LogP contribution in [-0.2, 0) is 4.79 Å². The van der Waals surface area contributed by atoms with Crippen LogP contribution in [0.5, 0.6) is 0 Å². The standard InChI is InChI=1S/C18H19N3O2S/c1-12(2)16(22)21-18(24)20-15-10-6-9-14(11-15)19-17(23)13-7-4-3-5-8-13/h3-12H,1-2H3,(H,19,23)(H2,20,21,22,24). The number of amides is 2. The summed E-state index contributed by atoms with van der Waals surface area (Å²) in [6.45, 7) is 3.58. The first-order valence-electron chi connectivity index (χ1n) is 7.54. The molecule has 0 aliphatic rings. The van der Waals surface area contributed by atoms with Crippen molar-refractivity contribution in [2.75, 3.05) is 10.6 Å². The van der Waals surface area contributed by atoms with Crippen LogP contribution >= 0.6 is 12.2 Å². The van der Waals surface area contributed by atoms with Crippen LogP contribution in [0.2, 0.25) is 0 Å². The van der Waals surface area contributed by atoms with Gasteiger partial charge in [-0.15, -0.1) is 0 Å². The lowest BCUT2D eigenvalue weighted by Gasteiger charge is -2.12. The molecule has 3 N–H and O–H groups in total. The van der Waals surface area contributed by atoms with Gasteiger partial charge in [0.05, 0.1) is 0 Å². The molecule has 5 nitrogen and oxygen atoms in total. The topological polar surface area (TPSA) is 70.2 Å². The van der Waals surface area contributed by atoms with Gasteiger partial charge in [-0.1, -0.05) is 38.1 Å². The van der Waals surface area contributed by atoms with E-state index in [1.165, 1.54) is 0 Å². The second-order valence-corrected chi connectivity index (χ2v) is 5.91. The third-order valence-corrected chi connectivity index (χ3v) is 3.38. The third-order valence-electron chi connectivity index (χ3n) is 3.18. The van der Waals surface area contributed by atoms with Crippen LogP contribution in [0, 0.1) is 5.92 Å². The number of hydrogen-bond donors (Lipinski definition) is 3. The molecule has 0 saturated carbocycles. The van der Waals surface area contributed by atoms with Crippen LogP contribution in [0.25, 0.3) is 0 Å². The van der Waals surface area contributed by atoms with Crippen molar-refractivity contribution in [2.45, 2.75) is 13.8 Å². The van der Waals surface area contributed by atoms with Crippen molar-refractivity contribution < 1.29 is 9.59 Å². The van der Waals surface area contributed by atoms with E-state index in [9.17, 15) is 9.59 Å². The fourth-order valence-electron chi connectivity index (χ4n) is 1.89. The Morgan fingerprint density at radius 1 is 0.917 bits per heavy atom. The van der Waals surface area contributed by atoms with Gasteiger partial charge >= 0.3 is 0 Å². The molecule has 0 fully saturated rings. The highest BCUT2D eigenvalue weighted by atomic mass is 32.1. The summed E-state index contributed by atoms with van der Waals surface area (Å²) in [5.41, 5.74) is 1.89. The first-order valence-corrected chi connectivity index (χ1v) is 7.95. The lowest BCUT2D eigenvalue weighted by atomic mass is 10.2. The molecule has 2 aromatic carbocycles. The number of nitrogens with one attached hydrogen (secondary N) is 3. The van der Waals surface area contributed by atoms with Crippen LogP contribution in [0.3, 0.4) is 0 Å². The van der Waals surface area contributed by atoms with Crippen LogP contribution in [0.15, 0.2) is 54.6 Å². The van der Waals surface area contributed by atoms with E-state index >= 15 is 0 Å². The van der Waals surface area contributed by atoms with Gasteiger partial charge in [0.1, 0.15) is 0 Å². The first kappa shape index (κ1) is 17.6. The van der Waals surface area contributed by atoms with E-state index in [0.29, 0.717) is 16.9 Å². The molecular weight excluding hydrogens is 322 g/mol. The summed E-state index contributed by atoms with van der Waals surface area (Å²) in [7, 11) is 0. The summed E-state index contributed by atoms with van der Waals surface area (Å²) >= 11 is 5.11. The normalized spacial score (nSPS) is 10.1. The van der Waals surface area contributed by atoms with E-state index in [0.717, 1.165) is 0 Å². The van der Waals surface area contributed by atoms with Gasteiger partial charge in [0.15, 0.2) is 5.11 Å². The molecule has 0 saturated heterocycles. The number of hydrogen-bond acceptors (Lipinski definition) is 3. The van der Waals surface area contributed by atoms with Crippen LogP contribution in [-0.4, -0.2) is 16.9 Å². The number of rotatable bonds is 4. The SMILES string of the molecule is CC(C)C(=O)NC(=S)Nc1cccc(NC(=O)c2ccccc2)c1. The van der Waals surface area contributed by atoms with Crippen LogP contribution < -0.4 is 16.0 Å². The molecule has 24 heavy (non-hydrogen) atoms. The second-order valence-electron chi connectivity index (χ2n) is 5.50. The van der Waals surface area contributed by atoms with Gasteiger partial charge in [0.25, 0.3) is 5.91 Å². The van der Waals surface area contributed by atoms with Crippen LogP contribution in [0.1, 0.15) is 24.2 Å². The van der Waals surface area contributed by atoms with Crippen molar-refractivity contribution in [1.82, 2.24) is 5.32 Å². The van der Waals surface area contributed by atoms with Gasteiger partial charge in [0, 0.05) is 22.9 Å². The Kier molecular flexibility index (Phi) is 6.03. The molecule has 0 radical (unpaired) electrons. The number of carbonyl (C=O) groups excluding carboxylic acids is 2. The zero-order valence-electron chi connectivity index (χ0n) is 13.5. The molecule has 2 aromatic rings. The molecular formula is C18H19N3O2S. The van der Waals surface area contributed by atoms with E-state index in [1.54, 1.807) is 50.2 Å². The van der Waals surface area contributed by atoms with Crippen molar-refractivity contribution >= 4 is 40.5 Å². The van der Waals surface area contributed by atoms with E-state index < -0.39 is 0 Å². The van der Waals surface area contributed by atoms with E-state index in [1.807, 2.05) is 18.2 Å². The Hall–Kier alpha value is -2.73. The monoisotopic (exact) mass is 341 g/mol. The number of benzene rings is 2. The molecule has 0 unspecified atom stereocenters. The zero-order valence-corrected chi connectivity index (χ0v) is 14.3. The maximum Gasteiger partial charge on any atom is 0.255 e. The predicted molar refractivity (Wildman–Crippen MR) is 100 cm³/mol. The molecule has 0 aromatic heterocycles. The van der Waals surface area contributed by atoms with Crippen LogP contribution in [0.4, 0.5) is 11.4 Å². The zero-order chi connectivity index (χ0) is 17.5. The number of anilines is 2. The van der Waals surface area contributed by atoms with Gasteiger partial charge in [-0.3, -0.25) is 9.59 Å². The second kappa shape index (κ2) is 8.21. The highest BCUT2D eigenvalue weighted by Crippen LogP contribution is 2.16. The van der Waals surface area contributed by atoms with Crippen molar-refractivity contribution in [3.63, 3.8) is 0 Å². The molecule has 124 valence electrons. The smallest absolute Gasteiger partial charge is 0.255 e. The quantitative estimate of drug-likeness (QED) is 0.746. The summed E-state index contributed by atoms with van der Waals surface area (Å²) in [5.74, 6) is -0.495. The molecule has 2 amide bonds. The molecule has 0 aliphatic heterocycles. The Morgan fingerprint density at radius 3 is 2.17 bits per heavy atom. The van der Waals surface area contributed by atoms with E-state index in [4.69, 9.17) is 12.2 Å². The van der Waals surface area contributed by atoms with Crippen molar-refractivity contribution in [3.8, 4) is 0 Å². The average Bonchev–Trinajstić information content (AvgIpc) is 2.55. The molecule has 0 aliphatic carbocycles. The molecule has 0 spiro atoms. The highest BCUT2D eigenvalue weighted by molar-refractivity contribution is 7.80. The Bertz CT molecular complexity index is 745. The lowest BCUT2D eigenvalue weighted by molar-refractivity contribution is -0.122. The maximum absolute atomic E-state index is 12.2. The number of thiocarbonyl (C=S) groups is 1. The van der Waals surface area contributed by atoms with E-state index in [2.05, 4.69) is 16.0 Å². The minimum atomic E-state index is -0.191. The summed E-state index contributed by atoms with van der Waals surface area (Å²) in [6.07, 6.45) is 0. The van der Waals surface area contributed by atoms with Gasteiger partial charge in [-0.25, -0.2) is 0 Å². The number of carbonyl (C=O) groups is 2. The first-order chi connectivity index (χ1) is 11.5. The fraction of sp³-hybridized carbons (Fsp3) is 0.167. The molecule has 2 rings (SSSR count). The Morgan fingerprint density at radius 2 is 1.54 bits per heavy atom. The maximum atomic E-state index is 12.2. The van der Waals surface area contributed by atoms with Gasteiger partial charge < -0.3 is 16.0 Å². The molecule has 0 atom stereocenters. The van der Waals surface area contributed by atoms with Gasteiger partial charge in [-0.2, -0.15) is 0 Å². The Balaban J connectivity index is 2.00. The average molecular weight is 341 g/mol. The Labute approximate surface area is 146 Å². The van der Waals surface area contributed by atoms with Gasteiger partial charge in [0.2, 0.25) is 5.91 Å². The summed E-state index contributed by atoms with van der Waals surface area (Å²) in [5, 5.41) is 8.58. The molecule has 0 heterocycles. The summed E-state index contributed by atoms with van der Waals surface area (Å²) in [6, 6.07) is 16.1. The fourth-order valence-corrected chi connectivity index (χ4v) is 2.10. The highest BCUT2D eigenvalue weighted by Gasteiger charge is 2.09. The largest absolute Gasteiger partial charge is 0.332 e. The van der Waals surface area contributed by atoms with Crippen molar-refractivity contribution in [3.05, 3.63) is 60.2 Å².